The van der Waals surface area contributed by atoms with Gasteiger partial charge in [-0.1, -0.05) is 32.3 Å². The normalized spacial score (nSPS) is 12.5. The third kappa shape index (κ3) is 8.50. The van der Waals surface area contributed by atoms with Gasteiger partial charge in [-0.15, -0.1) is 24.0 Å². The quantitative estimate of drug-likeness (QED) is 0.252. The minimum atomic E-state index is -0.377. The van der Waals surface area contributed by atoms with Crippen molar-refractivity contribution in [2.24, 2.45) is 4.99 Å². The molecule has 1 aromatic rings. The number of aliphatic imine (C=N–C) groups is 1. The highest BCUT2D eigenvalue weighted by Crippen LogP contribution is 2.10. The fourth-order valence-corrected chi connectivity index (χ4v) is 2.25. The number of halogens is 2. The number of nitrogens with zero attached hydrogens (tertiary/aromatic N) is 1. The molecule has 0 amide bonds. The fourth-order valence-electron chi connectivity index (χ4n) is 2.25. The van der Waals surface area contributed by atoms with Crippen LogP contribution in [0.1, 0.15) is 50.7 Å². The van der Waals surface area contributed by atoms with E-state index < -0.39 is 0 Å². The molecule has 0 saturated carbocycles. The first-order valence-electron chi connectivity index (χ1n) is 7.96. The summed E-state index contributed by atoms with van der Waals surface area (Å²) in [6, 6.07) is 5.12. The highest BCUT2D eigenvalue weighted by molar-refractivity contribution is 14.0. The Bertz CT molecular complexity index is 483. The summed E-state index contributed by atoms with van der Waals surface area (Å²) in [6.45, 7) is 4.59. The molecule has 0 bridgehead atoms. The van der Waals surface area contributed by atoms with Crippen molar-refractivity contribution in [3.05, 3.63) is 35.1 Å². The van der Waals surface area contributed by atoms with Gasteiger partial charge in [0.25, 0.3) is 0 Å². The summed E-state index contributed by atoms with van der Waals surface area (Å²) in [5.41, 5.74) is 1.22. The number of hydrogen-bond donors (Lipinski definition) is 3. The zero-order valence-corrected chi connectivity index (χ0v) is 16.6. The zero-order valence-electron chi connectivity index (χ0n) is 14.2. The predicted molar refractivity (Wildman–Crippen MR) is 105 cm³/mol. The molecule has 1 aromatic carbocycles. The SMILES string of the molecule is CCCCCC(C)NC(=NC)NCc1ccc(F)c(CO)c1.I. The van der Waals surface area contributed by atoms with E-state index in [2.05, 4.69) is 29.5 Å². The van der Waals surface area contributed by atoms with Gasteiger partial charge < -0.3 is 15.7 Å². The Labute approximate surface area is 156 Å². The van der Waals surface area contributed by atoms with Crippen molar-refractivity contribution in [2.75, 3.05) is 7.05 Å². The second-order valence-corrected chi connectivity index (χ2v) is 5.55. The topological polar surface area (TPSA) is 56.7 Å². The smallest absolute Gasteiger partial charge is 0.191 e. The van der Waals surface area contributed by atoms with Crippen LogP contribution in [-0.2, 0) is 13.2 Å². The van der Waals surface area contributed by atoms with Gasteiger partial charge in [0.15, 0.2) is 5.96 Å². The second kappa shape index (κ2) is 12.5. The number of benzene rings is 1. The molecule has 0 fully saturated rings. The maximum Gasteiger partial charge on any atom is 0.191 e. The van der Waals surface area contributed by atoms with Gasteiger partial charge in [0.1, 0.15) is 5.82 Å². The summed E-state index contributed by atoms with van der Waals surface area (Å²) in [7, 11) is 1.73. The van der Waals surface area contributed by atoms with E-state index in [4.69, 9.17) is 5.11 Å². The van der Waals surface area contributed by atoms with Gasteiger partial charge in [-0.2, -0.15) is 0 Å². The van der Waals surface area contributed by atoms with Crippen molar-refractivity contribution in [1.29, 1.82) is 0 Å². The van der Waals surface area contributed by atoms with E-state index >= 15 is 0 Å². The Morgan fingerprint density at radius 1 is 1.35 bits per heavy atom. The molecule has 0 aliphatic heterocycles. The first kappa shape index (κ1) is 22.1. The third-order valence-electron chi connectivity index (χ3n) is 3.59. The van der Waals surface area contributed by atoms with Crippen molar-refractivity contribution in [3.63, 3.8) is 0 Å². The van der Waals surface area contributed by atoms with Gasteiger partial charge in [0, 0.05) is 25.2 Å². The summed E-state index contributed by atoms with van der Waals surface area (Å²) in [5.74, 6) is 0.358. The largest absolute Gasteiger partial charge is 0.392 e. The molecule has 3 N–H and O–H groups in total. The van der Waals surface area contributed by atoms with Crippen molar-refractivity contribution in [1.82, 2.24) is 10.6 Å². The van der Waals surface area contributed by atoms with Crippen molar-refractivity contribution in [2.45, 2.75) is 58.7 Å². The van der Waals surface area contributed by atoms with Crippen LogP contribution < -0.4 is 10.6 Å². The Morgan fingerprint density at radius 3 is 2.70 bits per heavy atom. The van der Waals surface area contributed by atoms with Gasteiger partial charge in [-0.05, 0) is 31.0 Å². The molecule has 0 aromatic heterocycles. The number of aliphatic hydroxyl groups is 1. The Kier molecular flexibility index (Phi) is 12.0. The lowest BCUT2D eigenvalue weighted by Gasteiger charge is -2.18. The molecular weight excluding hydrogens is 408 g/mol. The molecule has 23 heavy (non-hydrogen) atoms. The molecule has 0 aliphatic carbocycles. The number of hydrogen-bond acceptors (Lipinski definition) is 2. The van der Waals surface area contributed by atoms with Crippen LogP contribution in [0.5, 0.6) is 0 Å². The predicted octanol–water partition coefficient (Wildman–Crippen LogP) is 3.57. The van der Waals surface area contributed by atoms with Crippen LogP contribution in [0, 0.1) is 5.82 Å². The second-order valence-electron chi connectivity index (χ2n) is 5.55. The first-order chi connectivity index (χ1) is 10.6. The van der Waals surface area contributed by atoms with Crippen molar-refractivity contribution < 1.29 is 9.50 Å². The number of rotatable bonds is 8. The molecule has 1 unspecified atom stereocenters. The van der Waals surface area contributed by atoms with E-state index in [-0.39, 0.29) is 36.4 Å². The molecular formula is C17H29FIN3O. The van der Waals surface area contributed by atoms with Gasteiger partial charge in [0.2, 0.25) is 0 Å². The van der Waals surface area contributed by atoms with Crippen molar-refractivity contribution >= 4 is 29.9 Å². The number of unbranched alkanes of at least 4 members (excludes halogenated alkanes) is 2. The van der Waals surface area contributed by atoms with Crippen LogP contribution >= 0.6 is 24.0 Å². The third-order valence-corrected chi connectivity index (χ3v) is 3.59. The minimum absolute atomic E-state index is 0. The van der Waals surface area contributed by atoms with Crippen molar-refractivity contribution in [3.8, 4) is 0 Å². The van der Waals surface area contributed by atoms with E-state index in [0.29, 0.717) is 18.2 Å². The van der Waals surface area contributed by atoms with Crippen LogP contribution in [0.3, 0.4) is 0 Å². The van der Waals surface area contributed by atoms with E-state index in [0.717, 1.165) is 17.9 Å². The van der Waals surface area contributed by atoms with E-state index in [9.17, 15) is 4.39 Å². The fraction of sp³-hybridized carbons (Fsp3) is 0.588. The summed E-state index contributed by atoms with van der Waals surface area (Å²) >= 11 is 0. The summed E-state index contributed by atoms with van der Waals surface area (Å²) in [5, 5.41) is 15.7. The molecule has 0 radical (unpaired) electrons. The van der Waals surface area contributed by atoms with Crippen LogP contribution in [0.2, 0.25) is 0 Å². The molecule has 0 saturated heterocycles. The van der Waals surface area contributed by atoms with Crippen LogP contribution in [0.4, 0.5) is 4.39 Å². The van der Waals surface area contributed by atoms with E-state index in [1.807, 2.05) is 0 Å². The number of aliphatic hydroxyl groups excluding tert-OH is 1. The average Bonchev–Trinajstić information content (AvgIpc) is 2.52. The molecule has 132 valence electrons. The lowest BCUT2D eigenvalue weighted by molar-refractivity contribution is 0.275. The Hall–Kier alpha value is -0.890. The van der Waals surface area contributed by atoms with Gasteiger partial charge in [-0.3, -0.25) is 4.99 Å². The Balaban J connectivity index is 0.00000484. The lowest BCUT2D eigenvalue weighted by atomic mass is 10.1. The number of nitrogens with one attached hydrogen (secondary N) is 2. The average molecular weight is 437 g/mol. The summed E-state index contributed by atoms with van der Waals surface area (Å²) in [4.78, 5) is 4.20. The van der Waals surface area contributed by atoms with E-state index in [1.165, 1.54) is 25.3 Å². The van der Waals surface area contributed by atoms with Crippen LogP contribution in [0.25, 0.3) is 0 Å². The molecule has 6 heteroatoms. The monoisotopic (exact) mass is 437 g/mol. The molecule has 1 atom stereocenters. The van der Waals surface area contributed by atoms with Gasteiger partial charge >= 0.3 is 0 Å². The summed E-state index contributed by atoms with van der Waals surface area (Å²) in [6.07, 6.45) is 4.79. The molecule has 1 rings (SSSR count). The maximum atomic E-state index is 13.3. The summed E-state index contributed by atoms with van der Waals surface area (Å²) < 4.78 is 13.3. The van der Waals surface area contributed by atoms with Crippen LogP contribution in [0.15, 0.2) is 23.2 Å². The molecule has 0 spiro atoms. The Morgan fingerprint density at radius 2 is 2.09 bits per heavy atom. The highest BCUT2D eigenvalue weighted by atomic mass is 127. The highest BCUT2D eigenvalue weighted by Gasteiger charge is 2.06. The zero-order chi connectivity index (χ0) is 16.4. The van der Waals surface area contributed by atoms with Crippen LogP contribution in [-0.4, -0.2) is 24.2 Å². The molecule has 4 nitrogen and oxygen atoms in total. The van der Waals surface area contributed by atoms with Gasteiger partial charge in [-0.25, -0.2) is 4.39 Å². The van der Waals surface area contributed by atoms with E-state index in [1.54, 1.807) is 19.2 Å². The minimum Gasteiger partial charge on any atom is -0.392 e. The lowest BCUT2D eigenvalue weighted by Crippen LogP contribution is -2.41. The standard InChI is InChI=1S/C17H28FN3O.HI/c1-4-5-6-7-13(2)21-17(19-3)20-11-14-8-9-16(18)15(10-14)12-22;/h8-10,13,22H,4-7,11-12H2,1-3H3,(H2,19,20,21);1H. The number of guanidine groups is 1. The molecule has 0 aliphatic rings. The molecule has 0 heterocycles. The van der Waals surface area contributed by atoms with Gasteiger partial charge in [0.05, 0.1) is 6.61 Å². The first-order valence-corrected chi connectivity index (χ1v) is 7.96. The maximum absolute atomic E-state index is 13.3.